The minimum Gasteiger partial charge on any atom is -0.497 e. The monoisotopic (exact) mass is 282 g/mol. The number of halogens is 3. The SMILES string of the molecule is C=C(OS(=O)(=O)C(F)(F)F)c1cccc(OC)c1. The van der Waals surface area contributed by atoms with Crippen molar-refractivity contribution in [1.29, 1.82) is 0 Å². The van der Waals surface area contributed by atoms with Crippen molar-refractivity contribution in [3.05, 3.63) is 36.4 Å². The molecule has 0 heterocycles. The molecule has 1 rings (SSSR count). The van der Waals surface area contributed by atoms with Crippen molar-refractivity contribution in [3.8, 4) is 5.75 Å². The molecule has 4 nitrogen and oxygen atoms in total. The summed E-state index contributed by atoms with van der Waals surface area (Å²) in [5, 5.41) is 0. The van der Waals surface area contributed by atoms with Crippen LogP contribution in [0.2, 0.25) is 0 Å². The Hall–Kier alpha value is -1.70. The Balaban J connectivity index is 2.96. The van der Waals surface area contributed by atoms with Crippen LogP contribution in [0.15, 0.2) is 30.8 Å². The quantitative estimate of drug-likeness (QED) is 0.484. The molecule has 1 aromatic carbocycles. The lowest BCUT2D eigenvalue weighted by Crippen LogP contribution is -2.24. The van der Waals surface area contributed by atoms with Crippen molar-refractivity contribution in [2.24, 2.45) is 0 Å². The largest absolute Gasteiger partial charge is 0.534 e. The molecule has 0 aliphatic carbocycles. The maximum absolute atomic E-state index is 12.1. The van der Waals surface area contributed by atoms with Crippen molar-refractivity contribution in [2.45, 2.75) is 5.51 Å². The fourth-order valence-electron chi connectivity index (χ4n) is 1.02. The fraction of sp³-hybridized carbons (Fsp3) is 0.200. The Morgan fingerprint density at radius 3 is 2.44 bits per heavy atom. The molecule has 0 atom stereocenters. The highest BCUT2D eigenvalue weighted by Gasteiger charge is 2.48. The second-order valence-corrected chi connectivity index (χ2v) is 4.68. The van der Waals surface area contributed by atoms with E-state index in [2.05, 4.69) is 10.8 Å². The Morgan fingerprint density at radius 2 is 1.94 bits per heavy atom. The zero-order valence-electron chi connectivity index (χ0n) is 9.19. The summed E-state index contributed by atoms with van der Waals surface area (Å²) in [7, 11) is -4.35. The second kappa shape index (κ2) is 4.89. The van der Waals surface area contributed by atoms with Crippen LogP contribution >= 0.6 is 0 Å². The molecular weight excluding hydrogens is 273 g/mol. The van der Waals surface area contributed by atoms with Gasteiger partial charge >= 0.3 is 15.6 Å². The molecule has 18 heavy (non-hydrogen) atoms. The van der Waals surface area contributed by atoms with E-state index in [-0.39, 0.29) is 5.56 Å². The molecule has 0 aromatic heterocycles. The van der Waals surface area contributed by atoms with Crippen LogP contribution in [0.4, 0.5) is 13.2 Å². The third kappa shape index (κ3) is 3.16. The lowest BCUT2D eigenvalue weighted by molar-refractivity contribution is -0.0509. The van der Waals surface area contributed by atoms with Gasteiger partial charge in [0.1, 0.15) is 11.5 Å². The Labute approximate surface area is 102 Å². The van der Waals surface area contributed by atoms with Crippen LogP contribution in [0.25, 0.3) is 5.76 Å². The first kappa shape index (κ1) is 14.4. The van der Waals surface area contributed by atoms with Crippen LogP contribution in [0.1, 0.15) is 5.56 Å². The van der Waals surface area contributed by atoms with Gasteiger partial charge in [0.2, 0.25) is 0 Å². The molecule has 0 amide bonds. The average Bonchev–Trinajstić information content (AvgIpc) is 2.27. The van der Waals surface area contributed by atoms with Crippen molar-refractivity contribution >= 4 is 15.9 Å². The molecule has 8 heteroatoms. The van der Waals surface area contributed by atoms with Gasteiger partial charge in [0.15, 0.2) is 0 Å². The molecule has 0 radical (unpaired) electrons. The first-order valence-electron chi connectivity index (χ1n) is 4.51. The van der Waals surface area contributed by atoms with Gasteiger partial charge in [-0.25, -0.2) is 0 Å². The molecule has 0 unspecified atom stereocenters. The molecule has 0 aliphatic rings. The van der Waals surface area contributed by atoms with E-state index in [9.17, 15) is 21.6 Å². The van der Waals surface area contributed by atoms with Gasteiger partial charge in [0, 0.05) is 5.56 Å². The third-order valence-corrected chi connectivity index (χ3v) is 2.87. The van der Waals surface area contributed by atoms with Gasteiger partial charge in [-0.1, -0.05) is 18.7 Å². The van der Waals surface area contributed by atoms with Crippen LogP contribution in [0, 0.1) is 0 Å². The van der Waals surface area contributed by atoms with Gasteiger partial charge in [0.05, 0.1) is 7.11 Å². The standard InChI is InChI=1S/C10H9F3O4S/c1-7(17-18(14,15)10(11,12)13)8-4-3-5-9(6-8)16-2/h3-6H,1H2,2H3. The minimum atomic E-state index is -5.71. The molecule has 0 bridgehead atoms. The fourth-order valence-corrected chi connectivity index (χ4v) is 1.48. The highest BCUT2D eigenvalue weighted by atomic mass is 32.2. The van der Waals surface area contributed by atoms with Crippen molar-refractivity contribution in [3.63, 3.8) is 0 Å². The number of hydrogen-bond acceptors (Lipinski definition) is 4. The van der Waals surface area contributed by atoms with Crippen LogP contribution < -0.4 is 4.74 Å². The molecular formula is C10H9F3O4S. The predicted octanol–water partition coefficient (Wildman–Crippen LogP) is 2.53. The van der Waals surface area contributed by atoms with Crippen molar-refractivity contribution < 1.29 is 30.5 Å². The van der Waals surface area contributed by atoms with Gasteiger partial charge in [-0.05, 0) is 12.1 Å². The van der Waals surface area contributed by atoms with E-state index in [0.717, 1.165) is 0 Å². The van der Waals surface area contributed by atoms with E-state index in [4.69, 9.17) is 4.74 Å². The lowest BCUT2D eigenvalue weighted by Gasteiger charge is -2.11. The summed E-state index contributed by atoms with van der Waals surface area (Å²) in [6, 6.07) is 5.64. The average molecular weight is 282 g/mol. The van der Waals surface area contributed by atoms with Gasteiger partial charge in [0.25, 0.3) is 0 Å². The van der Waals surface area contributed by atoms with Crippen LogP contribution in [0.5, 0.6) is 5.75 Å². The molecule has 0 N–H and O–H groups in total. The van der Waals surface area contributed by atoms with Gasteiger partial charge < -0.3 is 8.92 Å². The molecule has 0 saturated carbocycles. The molecule has 0 fully saturated rings. The predicted molar refractivity (Wildman–Crippen MR) is 58.1 cm³/mol. The highest BCUT2D eigenvalue weighted by Crippen LogP contribution is 2.29. The van der Waals surface area contributed by atoms with E-state index in [1.165, 1.54) is 31.4 Å². The molecule has 0 saturated heterocycles. The first-order chi connectivity index (χ1) is 8.17. The maximum Gasteiger partial charge on any atom is 0.534 e. The van der Waals surface area contributed by atoms with Crippen molar-refractivity contribution in [1.82, 2.24) is 0 Å². The number of hydrogen-bond donors (Lipinski definition) is 0. The van der Waals surface area contributed by atoms with Crippen LogP contribution in [-0.2, 0) is 14.3 Å². The minimum absolute atomic E-state index is 0.0715. The van der Waals surface area contributed by atoms with E-state index in [0.29, 0.717) is 5.75 Å². The van der Waals surface area contributed by atoms with Gasteiger partial charge in [-0.3, -0.25) is 0 Å². The zero-order chi connectivity index (χ0) is 14.0. The topological polar surface area (TPSA) is 52.6 Å². The smallest absolute Gasteiger partial charge is 0.497 e. The molecule has 1 aromatic rings. The first-order valence-corrected chi connectivity index (χ1v) is 5.92. The van der Waals surface area contributed by atoms with Crippen molar-refractivity contribution in [2.75, 3.05) is 7.11 Å². The zero-order valence-corrected chi connectivity index (χ0v) is 10.0. The summed E-state index contributed by atoms with van der Waals surface area (Å²) in [4.78, 5) is 0. The van der Waals surface area contributed by atoms with E-state index in [1.54, 1.807) is 0 Å². The normalized spacial score (nSPS) is 12.0. The maximum atomic E-state index is 12.1. The summed E-state index contributed by atoms with van der Waals surface area (Å²) >= 11 is 0. The van der Waals surface area contributed by atoms with Crippen LogP contribution in [-0.4, -0.2) is 21.0 Å². The lowest BCUT2D eigenvalue weighted by atomic mass is 10.2. The van der Waals surface area contributed by atoms with E-state index in [1.807, 2.05) is 0 Å². The van der Waals surface area contributed by atoms with Crippen LogP contribution in [0.3, 0.4) is 0 Å². The number of benzene rings is 1. The second-order valence-electron chi connectivity index (χ2n) is 3.14. The Bertz CT molecular complexity index is 548. The Kier molecular flexibility index (Phi) is 3.90. The molecule has 0 spiro atoms. The molecule has 100 valence electrons. The van der Waals surface area contributed by atoms with E-state index >= 15 is 0 Å². The van der Waals surface area contributed by atoms with Gasteiger partial charge in [-0.15, -0.1) is 0 Å². The number of alkyl halides is 3. The molecule has 0 aliphatic heterocycles. The van der Waals surface area contributed by atoms with Gasteiger partial charge in [-0.2, -0.15) is 21.6 Å². The third-order valence-electron chi connectivity index (χ3n) is 1.89. The summed E-state index contributed by atoms with van der Waals surface area (Å²) in [6.07, 6.45) is 0. The number of methoxy groups -OCH3 is 1. The van der Waals surface area contributed by atoms with E-state index < -0.39 is 21.4 Å². The summed E-state index contributed by atoms with van der Waals surface area (Å²) in [6.45, 7) is 3.14. The summed E-state index contributed by atoms with van der Waals surface area (Å²) < 4.78 is 66.4. The summed E-state index contributed by atoms with van der Waals surface area (Å²) in [5.41, 5.74) is -5.42. The summed E-state index contributed by atoms with van der Waals surface area (Å²) in [5.74, 6) is -0.298. The number of ether oxygens (including phenoxy) is 1. The Morgan fingerprint density at radius 1 is 1.33 bits per heavy atom. The highest BCUT2D eigenvalue weighted by molar-refractivity contribution is 7.87. The number of rotatable bonds is 4.